The van der Waals surface area contributed by atoms with Gasteiger partial charge in [-0.2, -0.15) is 0 Å². The largest absolute Gasteiger partial charge is 0.326 e. The smallest absolute Gasteiger partial charge is 0.242 e. The molecule has 4 rings (SSSR count). The zero-order chi connectivity index (χ0) is 21.8. The van der Waals surface area contributed by atoms with Crippen molar-refractivity contribution in [2.75, 3.05) is 11.9 Å². The maximum atomic E-state index is 13.0. The summed E-state index contributed by atoms with van der Waals surface area (Å²) in [6.45, 7) is 6.10. The Morgan fingerprint density at radius 1 is 1.13 bits per heavy atom. The number of anilines is 1. The highest BCUT2D eigenvalue weighted by molar-refractivity contribution is 8.15. The summed E-state index contributed by atoms with van der Waals surface area (Å²) in [6.07, 6.45) is 1.76. The Hall–Kier alpha value is -3.38. The van der Waals surface area contributed by atoms with Crippen molar-refractivity contribution >= 4 is 50.9 Å². The number of hydrogen-bond acceptors (Lipinski definition) is 4. The average molecular weight is 430 g/mol. The zero-order valence-electron chi connectivity index (χ0n) is 17.2. The lowest BCUT2D eigenvalue weighted by molar-refractivity contribution is -0.127. The molecule has 1 aliphatic heterocycles. The van der Waals surface area contributed by atoms with Crippen molar-refractivity contribution in [1.29, 1.82) is 0 Å². The van der Waals surface area contributed by atoms with Gasteiger partial charge in [0, 0.05) is 24.0 Å². The van der Waals surface area contributed by atoms with Crippen molar-refractivity contribution in [3.63, 3.8) is 0 Å². The Morgan fingerprint density at radius 3 is 2.65 bits per heavy atom. The van der Waals surface area contributed by atoms with Gasteiger partial charge in [-0.05, 0) is 30.5 Å². The number of amides is 2. The summed E-state index contributed by atoms with van der Waals surface area (Å²) in [5.74, 6) is -0.317. The molecule has 156 valence electrons. The minimum Gasteiger partial charge on any atom is -0.326 e. The van der Waals surface area contributed by atoms with Gasteiger partial charge in [-0.25, -0.2) is 4.99 Å². The van der Waals surface area contributed by atoms with Crippen molar-refractivity contribution in [1.82, 2.24) is 4.90 Å². The van der Waals surface area contributed by atoms with Crippen molar-refractivity contribution in [3.05, 3.63) is 84.9 Å². The summed E-state index contributed by atoms with van der Waals surface area (Å²) >= 11 is 1.33. The molecule has 1 N–H and O–H groups in total. The van der Waals surface area contributed by atoms with E-state index in [9.17, 15) is 9.59 Å². The molecule has 3 aromatic carbocycles. The van der Waals surface area contributed by atoms with Gasteiger partial charge in [0.2, 0.25) is 11.8 Å². The number of fused-ring (bicyclic) bond motifs is 1. The third-order valence-corrected chi connectivity index (χ3v) is 6.20. The quantitative estimate of drug-likeness (QED) is 0.541. The monoisotopic (exact) mass is 429 g/mol. The number of aryl methyl sites for hydroxylation is 1. The van der Waals surface area contributed by atoms with Crippen LogP contribution in [0.1, 0.15) is 12.0 Å². The van der Waals surface area contributed by atoms with Gasteiger partial charge >= 0.3 is 0 Å². The van der Waals surface area contributed by atoms with Crippen LogP contribution in [-0.4, -0.2) is 33.7 Å². The molecule has 2 amide bonds. The van der Waals surface area contributed by atoms with Gasteiger partial charge in [0.05, 0.1) is 5.69 Å². The lowest BCUT2D eigenvalue weighted by Gasteiger charge is -2.14. The summed E-state index contributed by atoms with van der Waals surface area (Å²) < 4.78 is 0. The number of nitrogens with one attached hydrogen (secondary N) is 1. The second-order valence-electron chi connectivity index (χ2n) is 7.35. The molecule has 1 aliphatic rings. The highest BCUT2D eigenvalue weighted by Gasteiger charge is 2.38. The standard InChI is InChI=1S/C25H23N3O2S/c1-3-15-28-24(30)22(16-23(29)26-19-13-11-17(2)12-14-19)31-25(28)27-21-10-6-8-18-7-4-5-9-20(18)21/h3-14,22H,1,15-16H2,2H3,(H,26,29)/t22-/m0/s1. The summed E-state index contributed by atoms with van der Waals surface area (Å²) in [5.41, 5.74) is 2.64. The van der Waals surface area contributed by atoms with E-state index in [1.165, 1.54) is 11.8 Å². The molecule has 5 nitrogen and oxygen atoms in total. The third kappa shape index (κ3) is 4.70. The van der Waals surface area contributed by atoms with Crippen molar-refractivity contribution in [3.8, 4) is 0 Å². The molecule has 1 atom stereocenters. The Bertz CT molecular complexity index is 1170. The Balaban J connectivity index is 1.55. The molecule has 6 heteroatoms. The second kappa shape index (κ2) is 9.18. The Morgan fingerprint density at radius 2 is 1.87 bits per heavy atom. The van der Waals surface area contributed by atoms with E-state index < -0.39 is 5.25 Å². The number of nitrogens with zero attached hydrogens (tertiary/aromatic N) is 2. The molecule has 1 fully saturated rings. The van der Waals surface area contributed by atoms with E-state index in [4.69, 9.17) is 4.99 Å². The number of carbonyl (C=O) groups is 2. The minimum atomic E-state index is -0.515. The van der Waals surface area contributed by atoms with Crippen molar-refractivity contribution in [2.45, 2.75) is 18.6 Å². The van der Waals surface area contributed by atoms with Gasteiger partial charge in [-0.3, -0.25) is 14.5 Å². The molecule has 0 bridgehead atoms. The predicted octanol–water partition coefficient (Wildman–Crippen LogP) is 5.29. The molecule has 1 saturated heterocycles. The second-order valence-corrected chi connectivity index (χ2v) is 8.52. The van der Waals surface area contributed by atoms with Crippen molar-refractivity contribution in [2.24, 2.45) is 4.99 Å². The maximum Gasteiger partial charge on any atom is 0.242 e. The highest BCUT2D eigenvalue weighted by Crippen LogP contribution is 2.34. The van der Waals surface area contributed by atoms with Crippen LogP contribution in [0.2, 0.25) is 0 Å². The van der Waals surface area contributed by atoms with Crippen LogP contribution >= 0.6 is 11.8 Å². The zero-order valence-corrected chi connectivity index (χ0v) is 18.1. The van der Waals surface area contributed by atoms with Gasteiger partial charge in [0.15, 0.2) is 5.17 Å². The fraction of sp³-hybridized carbons (Fsp3) is 0.160. The maximum absolute atomic E-state index is 13.0. The first kappa shape index (κ1) is 20.9. The van der Waals surface area contributed by atoms with E-state index >= 15 is 0 Å². The average Bonchev–Trinajstić information content (AvgIpc) is 3.05. The van der Waals surface area contributed by atoms with Gasteiger partial charge < -0.3 is 5.32 Å². The van der Waals surface area contributed by atoms with Crippen LogP contribution in [0.3, 0.4) is 0 Å². The fourth-order valence-corrected chi connectivity index (χ4v) is 4.61. The predicted molar refractivity (Wildman–Crippen MR) is 129 cm³/mol. The number of hydrogen-bond donors (Lipinski definition) is 1. The van der Waals surface area contributed by atoms with Crippen LogP contribution in [0, 0.1) is 6.92 Å². The van der Waals surface area contributed by atoms with Gasteiger partial charge in [-0.1, -0.05) is 71.9 Å². The first-order valence-corrected chi connectivity index (χ1v) is 10.9. The van der Waals surface area contributed by atoms with Crippen LogP contribution in [-0.2, 0) is 9.59 Å². The van der Waals surface area contributed by atoms with Crippen LogP contribution in [0.25, 0.3) is 10.8 Å². The molecule has 0 aromatic heterocycles. The molecular formula is C25H23N3O2S. The number of aliphatic imine (C=N–C) groups is 1. The summed E-state index contributed by atoms with van der Waals surface area (Å²) in [4.78, 5) is 31.9. The number of benzene rings is 3. The number of carbonyl (C=O) groups excluding carboxylic acids is 2. The van der Waals surface area contributed by atoms with Crippen LogP contribution < -0.4 is 5.32 Å². The topological polar surface area (TPSA) is 61.8 Å². The molecule has 0 aliphatic carbocycles. The molecule has 3 aromatic rings. The summed E-state index contributed by atoms with van der Waals surface area (Å²) in [7, 11) is 0. The molecule has 0 spiro atoms. The van der Waals surface area contributed by atoms with Crippen LogP contribution in [0.15, 0.2) is 84.4 Å². The summed E-state index contributed by atoms with van der Waals surface area (Å²) in [5, 5.41) is 5.05. The SMILES string of the molecule is C=CCN1C(=O)[C@H](CC(=O)Nc2ccc(C)cc2)SC1=Nc1cccc2ccccc12. The molecule has 31 heavy (non-hydrogen) atoms. The molecule has 0 unspecified atom stereocenters. The van der Waals surface area contributed by atoms with Crippen LogP contribution in [0.5, 0.6) is 0 Å². The summed E-state index contributed by atoms with van der Waals surface area (Å²) in [6, 6.07) is 21.5. The molecule has 0 saturated carbocycles. The fourth-order valence-electron chi connectivity index (χ4n) is 3.45. The minimum absolute atomic E-state index is 0.0829. The van der Waals surface area contributed by atoms with E-state index in [-0.39, 0.29) is 18.2 Å². The Labute approximate surface area is 185 Å². The van der Waals surface area contributed by atoms with Crippen LogP contribution in [0.4, 0.5) is 11.4 Å². The first-order chi connectivity index (χ1) is 15.0. The first-order valence-electron chi connectivity index (χ1n) is 10.1. The van der Waals surface area contributed by atoms with Crippen molar-refractivity contribution < 1.29 is 9.59 Å². The number of thioether (sulfide) groups is 1. The number of rotatable bonds is 6. The highest BCUT2D eigenvalue weighted by atomic mass is 32.2. The Kier molecular flexibility index (Phi) is 6.18. The van der Waals surface area contributed by atoms with E-state index in [2.05, 4.69) is 11.9 Å². The van der Waals surface area contributed by atoms with Gasteiger partial charge in [0.1, 0.15) is 5.25 Å². The lowest BCUT2D eigenvalue weighted by Crippen LogP contribution is -2.33. The van der Waals surface area contributed by atoms with Gasteiger partial charge in [0.25, 0.3) is 0 Å². The molecular weight excluding hydrogens is 406 g/mol. The molecule has 1 heterocycles. The lowest BCUT2D eigenvalue weighted by atomic mass is 10.1. The third-order valence-electron chi connectivity index (χ3n) is 5.02. The normalized spacial score (nSPS) is 17.3. The number of amidine groups is 1. The van der Waals surface area contributed by atoms with E-state index in [0.717, 1.165) is 27.7 Å². The van der Waals surface area contributed by atoms with E-state index in [1.54, 1.807) is 11.0 Å². The van der Waals surface area contributed by atoms with Gasteiger partial charge in [-0.15, -0.1) is 6.58 Å². The van der Waals surface area contributed by atoms with E-state index in [0.29, 0.717) is 11.7 Å². The van der Waals surface area contributed by atoms with E-state index in [1.807, 2.05) is 73.7 Å². The molecule has 0 radical (unpaired) electrons.